The van der Waals surface area contributed by atoms with Gasteiger partial charge in [0.1, 0.15) is 0 Å². The number of hydrogen-bond donors (Lipinski definition) is 2. The van der Waals surface area contributed by atoms with Crippen molar-refractivity contribution < 1.29 is 14.4 Å². The smallest absolute Gasteiger partial charge is 0.253 e. The molecule has 2 aromatic rings. The molecule has 148 valence electrons. The second kappa shape index (κ2) is 6.92. The lowest BCUT2D eigenvalue weighted by Gasteiger charge is -2.36. The van der Waals surface area contributed by atoms with E-state index in [0.717, 1.165) is 42.1 Å². The molecule has 5 rings (SSSR count). The summed E-state index contributed by atoms with van der Waals surface area (Å²) in [5.41, 5.74) is 5.54. The van der Waals surface area contributed by atoms with Crippen LogP contribution in [0.2, 0.25) is 0 Å². The molecule has 0 aromatic heterocycles. The van der Waals surface area contributed by atoms with Crippen molar-refractivity contribution >= 4 is 34.8 Å². The van der Waals surface area contributed by atoms with Gasteiger partial charge in [0.2, 0.25) is 11.8 Å². The summed E-state index contributed by atoms with van der Waals surface area (Å²) in [6.07, 6.45) is 1.63. The molecule has 0 radical (unpaired) electrons. The van der Waals surface area contributed by atoms with E-state index in [2.05, 4.69) is 21.6 Å². The van der Waals surface area contributed by atoms with Gasteiger partial charge in [-0.25, -0.2) is 0 Å². The van der Waals surface area contributed by atoms with Gasteiger partial charge < -0.3 is 20.4 Å². The summed E-state index contributed by atoms with van der Waals surface area (Å²) in [6.45, 7) is 2.84. The number of aryl methyl sites for hydroxylation is 1. The first-order chi connectivity index (χ1) is 14.1. The monoisotopic (exact) mass is 390 g/mol. The zero-order valence-electron chi connectivity index (χ0n) is 16.0. The third kappa shape index (κ3) is 3.33. The fourth-order valence-electron chi connectivity index (χ4n) is 4.28. The van der Waals surface area contributed by atoms with Crippen molar-refractivity contribution in [3.63, 3.8) is 0 Å². The molecule has 1 saturated heterocycles. The number of benzene rings is 2. The lowest BCUT2D eigenvalue weighted by Crippen LogP contribution is -2.48. The average Bonchev–Trinajstić information content (AvgIpc) is 3.12. The van der Waals surface area contributed by atoms with Crippen molar-refractivity contribution in [3.05, 3.63) is 53.1 Å². The Labute approximate surface area is 168 Å². The molecule has 1 fully saturated rings. The lowest BCUT2D eigenvalue weighted by molar-refractivity contribution is -0.116. The highest BCUT2D eigenvalue weighted by atomic mass is 16.2. The Balaban J connectivity index is 1.25. The van der Waals surface area contributed by atoms with E-state index in [-0.39, 0.29) is 17.7 Å². The van der Waals surface area contributed by atoms with Crippen LogP contribution >= 0.6 is 0 Å². The standard InChI is InChI=1S/C22H22N4O3/c27-20-6-2-14-12-17(3-5-18(14)23-20)25-7-9-26(10-8-25)22(29)15-1-4-19-16(11-15)13-21(28)24-19/h1,3-5,11-12H,2,6-10,13H2,(H,23,27)(H,24,28). The molecular weight excluding hydrogens is 368 g/mol. The fourth-order valence-corrected chi connectivity index (χ4v) is 4.28. The number of carbonyl (C=O) groups excluding carboxylic acids is 3. The van der Waals surface area contributed by atoms with Crippen LogP contribution in [0.5, 0.6) is 0 Å². The molecule has 3 aliphatic heterocycles. The Bertz CT molecular complexity index is 1020. The zero-order valence-corrected chi connectivity index (χ0v) is 16.0. The number of nitrogens with zero attached hydrogens (tertiary/aromatic N) is 2. The Morgan fingerprint density at radius 2 is 1.52 bits per heavy atom. The van der Waals surface area contributed by atoms with Gasteiger partial charge in [-0.05, 0) is 53.9 Å². The van der Waals surface area contributed by atoms with Crippen LogP contribution in [0.1, 0.15) is 27.9 Å². The predicted molar refractivity (Wildman–Crippen MR) is 110 cm³/mol. The first kappa shape index (κ1) is 17.7. The van der Waals surface area contributed by atoms with Crippen LogP contribution in [0, 0.1) is 0 Å². The first-order valence-electron chi connectivity index (χ1n) is 9.96. The van der Waals surface area contributed by atoms with E-state index in [9.17, 15) is 14.4 Å². The number of amides is 3. The molecule has 0 atom stereocenters. The second-order valence-electron chi connectivity index (χ2n) is 7.77. The quantitative estimate of drug-likeness (QED) is 0.822. The topological polar surface area (TPSA) is 81.8 Å². The van der Waals surface area contributed by atoms with Gasteiger partial charge in [-0.2, -0.15) is 0 Å². The van der Waals surface area contributed by atoms with Gasteiger partial charge in [0.15, 0.2) is 0 Å². The summed E-state index contributed by atoms with van der Waals surface area (Å²) in [7, 11) is 0. The van der Waals surface area contributed by atoms with Crippen molar-refractivity contribution in [2.24, 2.45) is 0 Å². The largest absolute Gasteiger partial charge is 0.368 e. The van der Waals surface area contributed by atoms with Crippen molar-refractivity contribution in [1.29, 1.82) is 0 Å². The Hall–Kier alpha value is -3.35. The molecule has 7 nitrogen and oxygen atoms in total. The van der Waals surface area contributed by atoms with E-state index < -0.39 is 0 Å². The third-order valence-corrected chi connectivity index (χ3v) is 5.89. The number of anilines is 3. The summed E-state index contributed by atoms with van der Waals surface area (Å²) in [5.74, 6) is 0.0619. The minimum Gasteiger partial charge on any atom is -0.368 e. The Morgan fingerprint density at radius 1 is 0.793 bits per heavy atom. The molecule has 29 heavy (non-hydrogen) atoms. The van der Waals surface area contributed by atoms with E-state index in [0.29, 0.717) is 31.5 Å². The number of hydrogen-bond acceptors (Lipinski definition) is 4. The Kier molecular flexibility index (Phi) is 4.23. The maximum Gasteiger partial charge on any atom is 0.253 e. The second-order valence-corrected chi connectivity index (χ2v) is 7.77. The van der Waals surface area contributed by atoms with Gasteiger partial charge in [0.25, 0.3) is 5.91 Å². The van der Waals surface area contributed by atoms with Gasteiger partial charge in [-0.3, -0.25) is 14.4 Å². The van der Waals surface area contributed by atoms with Gasteiger partial charge in [-0.15, -0.1) is 0 Å². The molecule has 2 N–H and O–H groups in total. The van der Waals surface area contributed by atoms with Crippen LogP contribution in [-0.4, -0.2) is 48.8 Å². The number of fused-ring (bicyclic) bond motifs is 2. The molecule has 2 aromatic carbocycles. The van der Waals surface area contributed by atoms with Crippen LogP contribution in [-0.2, 0) is 22.4 Å². The number of piperazine rings is 1. The van der Waals surface area contributed by atoms with Crippen molar-refractivity contribution in [3.8, 4) is 0 Å². The van der Waals surface area contributed by atoms with Crippen molar-refractivity contribution in [2.45, 2.75) is 19.3 Å². The minimum atomic E-state index is -0.0252. The maximum atomic E-state index is 12.9. The molecule has 7 heteroatoms. The highest BCUT2D eigenvalue weighted by molar-refractivity contribution is 6.01. The summed E-state index contributed by atoms with van der Waals surface area (Å²) >= 11 is 0. The molecule has 0 unspecified atom stereocenters. The van der Waals surface area contributed by atoms with Crippen LogP contribution < -0.4 is 15.5 Å². The first-order valence-corrected chi connectivity index (χ1v) is 9.96. The van der Waals surface area contributed by atoms with Gasteiger partial charge in [0, 0.05) is 55.2 Å². The highest BCUT2D eigenvalue weighted by Gasteiger charge is 2.25. The third-order valence-electron chi connectivity index (χ3n) is 5.89. The molecule has 0 aliphatic carbocycles. The number of carbonyl (C=O) groups is 3. The summed E-state index contributed by atoms with van der Waals surface area (Å²) < 4.78 is 0. The van der Waals surface area contributed by atoms with Crippen molar-refractivity contribution in [2.75, 3.05) is 41.7 Å². The lowest BCUT2D eigenvalue weighted by atomic mass is 10.0. The summed E-state index contributed by atoms with van der Waals surface area (Å²) in [4.78, 5) is 40.1. The molecule has 0 bridgehead atoms. The molecular formula is C22H22N4O3. The van der Waals surface area contributed by atoms with E-state index in [1.165, 1.54) is 5.56 Å². The van der Waals surface area contributed by atoms with Gasteiger partial charge in [0.05, 0.1) is 6.42 Å². The molecule has 3 heterocycles. The predicted octanol–water partition coefficient (Wildman–Crippen LogP) is 2.03. The van der Waals surface area contributed by atoms with E-state index >= 15 is 0 Å². The highest BCUT2D eigenvalue weighted by Crippen LogP contribution is 2.29. The molecule has 3 amide bonds. The van der Waals surface area contributed by atoms with Crippen LogP contribution in [0.4, 0.5) is 17.1 Å². The molecule has 0 saturated carbocycles. The van der Waals surface area contributed by atoms with E-state index in [1.807, 2.05) is 29.2 Å². The van der Waals surface area contributed by atoms with Gasteiger partial charge >= 0.3 is 0 Å². The zero-order chi connectivity index (χ0) is 20.0. The van der Waals surface area contributed by atoms with Crippen LogP contribution in [0.25, 0.3) is 0 Å². The van der Waals surface area contributed by atoms with Crippen LogP contribution in [0.15, 0.2) is 36.4 Å². The SMILES string of the molecule is O=C1CCc2cc(N3CCN(C(=O)c4ccc5c(c4)CC(=O)N5)CC3)ccc2N1. The summed E-state index contributed by atoms with van der Waals surface area (Å²) in [6, 6.07) is 11.6. The van der Waals surface area contributed by atoms with Crippen LogP contribution in [0.3, 0.4) is 0 Å². The number of nitrogens with one attached hydrogen (secondary N) is 2. The minimum absolute atomic E-state index is 0.0138. The molecule has 3 aliphatic rings. The average molecular weight is 390 g/mol. The Morgan fingerprint density at radius 3 is 2.34 bits per heavy atom. The van der Waals surface area contributed by atoms with E-state index in [4.69, 9.17) is 0 Å². The fraction of sp³-hybridized carbons (Fsp3) is 0.318. The number of rotatable bonds is 2. The normalized spacial score (nSPS) is 18.1. The van der Waals surface area contributed by atoms with E-state index in [1.54, 1.807) is 6.07 Å². The summed E-state index contributed by atoms with van der Waals surface area (Å²) in [5, 5.41) is 5.71. The van der Waals surface area contributed by atoms with Gasteiger partial charge in [-0.1, -0.05) is 0 Å². The molecule has 0 spiro atoms. The maximum absolute atomic E-state index is 12.9. The van der Waals surface area contributed by atoms with Crippen molar-refractivity contribution in [1.82, 2.24) is 4.90 Å².